The molecule has 1 fully saturated rings. The SMILES string of the molecule is CCNc1cnn(CC2CCC(C)(C)O2)c(=O)c1. The molecule has 1 saturated heterocycles. The van der Waals surface area contributed by atoms with Crippen molar-refractivity contribution in [2.24, 2.45) is 0 Å². The molecule has 100 valence electrons. The first kappa shape index (κ1) is 13.1. The number of hydrogen-bond donors (Lipinski definition) is 1. The second-order valence-electron chi connectivity index (χ2n) is 5.33. The molecular weight excluding hydrogens is 230 g/mol. The molecule has 1 aromatic rings. The number of aromatic nitrogens is 2. The van der Waals surface area contributed by atoms with Gasteiger partial charge in [0.2, 0.25) is 0 Å². The van der Waals surface area contributed by atoms with E-state index in [9.17, 15) is 4.79 Å². The van der Waals surface area contributed by atoms with Crippen LogP contribution in [-0.2, 0) is 11.3 Å². The van der Waals surface area contributed by atoms with Crippen molar-refractivity contribution in [1.29, 1.82) is 0 Å². The van der Waals surface area contributed by atoms with Crippen LogP contribution in [0.25, 0.3) is 0 Å². The quantitative estimate of drug-likeness (QED) is 0.883. The molecule has 1 aliphatic rings. The van der Waals surface area contributed by atoms with Crippen LogP contribution in [0.5, 0.6) is 0 Å². The minimum Gasteiger partial charge on any atom is -0.384 e. The molecule has 5 heteroatoms. The molecule has 1 N–H and O–H groups in total. The lowest BCUT2D eigenvalue weighted by Crippen LogP contribution is -2.30. The fourth-order valence-electron chi connectivity index (χ4n) is 2.27. The van der Waals surface area contributed by atoms with E-state index in [-0.39, 0.29) is 17.3 Å². The number of anilines is 1. The normalized spacial score (nSPS) is 22.1. The predicted molar refractivity (Wildman–Crippen MR) is 70.8 cm³/mol. The van der Waals surface area contributed by atoms with Gasteiger partial charge in [0.1, 0.15) is 0 Å². The average Bonchev–Trinajstić information content (AvgIpc) is 2.63. The van der Waals surface area contributed by atoms with E-state index in [0.29, 0.717) is 6.54 Å². The summed E-state index contributed by atoms with van der Waals surface area (Å²) in [5, 5.41) is 7.24. The fraction of sp³-hybridized carbons (Fsp3) is 0.692. The van der Waals surface area contributed by atoms with E-state index < -0.39 is 0 Å². The van der Waals surface area contributed by atoms with Crippen LogP contribution in [0.2, 0.25) is 0 Å². The monoisotopic (exact) mass is 251 g/mol. The van der Waals surface area contributed by atoms with E-state index in [0.717, 1.165) is 25.1 Å². The Morgan fingerprint density at radius 3 is 2.94 bits per heavy atom. The van der Waals surface area contributed by atoms with Gasteiger partial charge in [-0.15, -0.1) is 0 Å². The fourth-order valence-corrected chi connectivity index (χ4v) is 2.27. The lowest BCUT2D eigenvalue weighted by Gasteiger charge is -2.19. The van der Waals surface area contributed by atoms with Gasteiger partial charge in [-0.2, -0.15) is 5.10 Å². The van der Waals surface area contributed by atoms with E-state index in [1.165, 1.54) is 4.68 Å². The Kier molecular flexibility index (Phi) is 3.71. The highest BCUT2D eigenvalue weighted by Crippen LogP contribution is 2.29. The predicted octanol–water partition coefficient (Wildman–Crippen LogP) is 1.63. The van der Waals surface area contributed by atoms with E-state index in [2.05, 4.69) is 24.3 Å². The van der Waals surface area contributed by atoms with Crippen LogP contribution < -0.4 is 10.9 Å². The molecule has 0 bridgehead atoms. The minimum atomic E-state index is -0.0817. The Morgan fingerprint density at radius 1 is 1.61 bits per heavy atom. The van der Waals surface area contributed by atoms with Gasteiger partial charge in [0, 0.05) is 12.6 Å². The number of ether oxygens (including phenoxy) is 1. The summed E-state index contributed by atoms with van der Waals surface area (Å²) in [6.45, 7) is 7.47. The van der Waals surface area contributed by atoms with Crippen molar-refractivity contribution in [3.05, 3.63) is 22.6 Å². The molecule has 1 aromatic heterocycles. The lowest BCUT2D eigenvalue weighted by atomic mass is 10.1. The molecule has 2 rings (SSSR count). The molecule has 0 spiro atoms. The standard InChI is InChI=1S/C13H21N3O2/c1-4-14-10-7-12(17)16(15-8-10)9-11-5-6-13(2,3)18-11/h7-8,11,14H,4-6,9H2,1-3H3. The summed E-state index contributed by atoms with van der Waals surface area (Å²) in [4.78, 5) is 11.9. The molecule has 0 amide bonds. The molecular formula is C13H21N3O2. The zero-order valence-electron chi connectivity index (χ0n) is 11.3. The minimum absolute atomic E-state index is 0.0714. The van der Waals surface area contributed by atoms with Crippen LogP contribution in [0.3, 0.4) is 0 Å². The summed E-state index contributed by atoms with van der Waals surface area (Å²) in [7, 11) is 0. The van der Waals surface area contributed by atoms with E-state index in [1.807, 2.05) is 6.92 Å². The Balaban J connectivity index is 2.04. The van der Waals surface area contributed by atoms with Crippen LogP contribution in [0.15, 0.2) is 17.1 Å². The largest absolute Gasteiger partial charge is 0.384 e. The number of rotatable bonds is 4. The smallest absolute Gasteiger partial charge is 0.268 e. The van der Waals surface area contributed by atoms with Crippen LogP contribution in [0, 0.1) is 0 Å². The Bertz CT molecular complexity index is 468. The van der Waals surface area contributed by atoms with E-state index >= 15 is 0 Å². The van der Waals surface area contributed by atoms with Gasteiger partial charge in [-0.05, 0) is 33.6 Å². The van der Waals surface area contributed by atoms with Crippen molar-refractivity contribution in [2.75, 3.05) is 11.9 Å². The molecule has 1 atom stereocenters. The molecule has 0 aromatic carbocycles. The molecule has 0 aliphatic carbocycles. The summed E-state index contributed by atoms with van der Waals surface area (Å²) in [5.74, 6) is 0. The molecule has 0 saturated carbocycles. The highest BCUT2D eigenvalue weighted by Gasteiger charge is 2.31. The van der Waals surface area contributed by atoms with Crippen molar-refractivity contribution in [3.63, 3.8) is 0 Å². The van der Waals surface area contributed by atoms with E-state index in [1.54, 1.807) is 12.3 Å². The number of nitrogens with zero attached hydrogens (tertiary/aromatic N) is 2. The zero-order chi connectivity index (χ0) is 13.2. The third kappa shape index (κ3) is 3.10. The summed E-state index contributed by atoms with van der Waals surface area (Å²) < 4.78 is 7.35. The first-order chi connectivity index (χ1) is 8.50. The van der Waals surface area contributed by atoms with Gasteiger partial charge in [0.25, 0.3) is 5.56 Å². The summed E-state index contributed by atoms with van der Waals surface area (Å²) in [6, 6.07) is 1.58. The van der Waals surface area contributed by atoms with Crippen molar-refractivity contribution < 1.29 is 4.74 Å². The van der Waals surface area contributed by atoms with Crippen LogP contribution in [0.1, 0.15) is 33.6 Å². The molecule has 0 radical (unpaired) electrons. The Morgan fingerprint density at radius 2 is 2.39 bits per heavy atom. The highest BCUT2D eigenvalue weighted by atomic mass is 16.5. The van der Waals surface area contributed by atoms with Crippen molar-refractivity contribution in [1.82, 2.24) is 9.78 Å². The van der Waals surface area contributed by atoms with Gasteiger partial charge in [0.15, 0.2) is 0 Å². The van der Waals surface area contributed by atoms with E-state index in [4.69, 9.17) is 4.74 Å². The molecule has 5 nitrogen and oxygen atoms in total. The van der Waals surface area contributed by atoms with Crippen LogP contribution >= 0.6 is 0 Å². The van der Waals surface area contributed by atoms with Gasteiger partial charge in [-0.1, -0.05) is 0 Å². The number of hydrogen-bond acceptors (Lipinski definition) is 4. The second kappa shape index (κ2) is 5.10. The summed E-state index contributed by atoms with van der Waals surface area (Å²) >= 11 is 0. The summed E-state index contributed by atoms with van der Waals surface area (Å²) in [6.07, 6.45) is 3.79. The van der Waals surface area contributed by atoms with Crippen LogP contribution in [-0.4, -0.2) is 28.0 Å². The topological polar surface area (TPSA) is 56.1 Å². The van der Waals surface area contributed by atoms with Gasteiger partial charge < -0.3 is 10.1 Å². The van der Waals surface area contributed by atoms with Crippen molar-refractivity contribution in [2.45, 2.75) is 51.9 Å². The van der Waals surface area contributed by atoms with Crippen LogP contribution in [0.4, 0.5) is 5.69 Å². The maximum absolute atomic E-state index is 11.9. The molecule has 1 aliphatic heterocycles. The third-order valence-electron chi connectivity index (χ3n) is 3.18. The zero-order valence-corrected chi connectivity index (χ0v) is 11.3. The second-order valence-corrected chi connectivity index (χ2v) is 5.33. The maximum Gasteiger partial charge on any atom is 0.268 e. The Labute approximate surface area is 107 Å². The third-order valence-corrected chi connectivity index (χ3v) is 3.18. The van der Waals surface area contributed by atoms with Crippen molar-refractivity contribution >= 4 is 5.69 Å². The van der Waals surface area contributed by atoms with Gasteiger partial charge in [-0.3, -0.25) is 4.79 Å². The average molecular weight is 251 g/mol. The first-order valence-electron chi connectivity index (χ1n) is 6.49. The Hall–Kier alpha value is -1.36. The van der Waals surface area contributed by atoms with Gasteiger partial charge >= 0.3 is 0 Å². The molecule has 2 heterocycles. The summed E-state index contributed by atoms with van der Waals surface area (Å²) in [5.41, 5.74) is 0.617. The first-order valence-corrected chi connectivity index (χ1v) is 6.49. The number of nitrogens with one attached hydrogen (secondary N) is 1. The van der Waals surface area contributed by atoms with Gasteiger partial charge in [-0.25, -0.2) is 4.68 Å². The molecule has 1 unspecified atom stereocenters. The lowest BCUT2D eigenvalue weighted by molar-refractivity contribution is -0.0235. The highest BCUT2D eigenvalue weighted by molar-refractivity contribution is 5.38. The molecule has 18 heavy (non-hydrogen) atoms. The van der Waals surface area contributed by atoms with Crippen molar-refractivity contribution in [3.8, 4) is 0 Å². The maximum atomic E-state index is 11.9. The van der Waals surface area contributed by atoms with Gasteiger partial charge in [0.05, 0.1) is 30.1 Å².